The zero-order chi connectivity index (χ0) is 34.0. The summed E-state index contributed by atoms with van der Waals surface area (Å²) in [7, 11) is 0. The zero-order valence-electron chi connectivity index (χ0n) is 25.1. The van der Waals surface area contributed by atoms with Crippen LogP contribution in [0.3, 0.4) is 0 Å². The average molecular weight is 678 g/mol. The lowest BCUT2D eigenvalue weighted by Gasteiger charge is -2.18. The number of aromatic carboxylic acids is 1. The fraction of sp³-hybridized carbons (Fsp3) is 0.0270. The molecule has 0 radical (unpaired) electrons. The first-order chi connectivity index (χ1) is 23.2. The first-order valence-corrected chi connectivity index (χ1v) is 15.8. The Bertz CT molecular complexity index is 1990. The number of hydrogen-bond acceptors (Lipinski definition) is 6. The van der Waals surface area contributed by atoms with E-state index in [1.165, 1.54) is 36.0 Å². The molecular weight excluding hydrogens is 650 g/mol. The minimum absolute atomic E-state index is 0.00525. The molecule has 0 fully saturated rings. The molecule has 11 heteroatoms. The van der Waals surface area contributed by atoms with E-state index in [0.29, 0.717) is 32.3 Å². The highest BCUT2D eigenvalue weighted by Gasteiger charge is 2.23. The van der Waals surface area contributed by atoms with Gasteiger partial charge in [-0.05, 0) is 83.9 Å². The summed E-state index contributed by atoms with van der Waals surface area (Å²) < 4.78 is 0. The van der Waals surface area contributed by atoms with Gasteiger partial charge in [0.05, 0.1) is 0 Å². The molecule has 0 aliphatic rings. The molecule has 5 aromatic rings. The van der Waals surface area contributed by atoms with Crippen molar-refractivity contribution in [3.63, 3.8) is 0 Å². The number of carbonyl (C=O) groups excluding carboxylic acids is 3. The number of halogens is 1. The molecule has 5 N–H and O–H groups in total. The van der Waals surface area contributed by atoms with E-state index in [1.54, 1.807) is 78.9 Å². The topological polar surface area (TPSA) is 145 Å². The Hall–Kier alpha value is -5.84. The van der Waals surface area contributed by atoms with Crippen molar-refractivity contribution in [2.75, 3.05) is 10.6 Å². The number of carboxylic acids is 1. The van der Waals surface area contributed by atoms with Crippen LogP contribution in [0, 0.1) is 0 Å². The molecular formula is C37H28ClN3O6S. The Morgan fingerprint density at radius 1 is 0.729 bits per heavy atom. The van der Waals surface area contributed by atoms with E-state index in [2.05, 4.69) is 16.0 Å². The first kappa shape index (κ1) is 33.5. The molecule has 5 rings (SSSR count). The quantitative estimate of drug-likeness (QED) is 0.0549. The van der Waals surface area contributed by atoms with E-state index in [4.69, 9.17) is 11.6 Å². The Morgan fingerprint density at radius 3 is 2.06 bits per heavy atom. The SMILES string of the molecule is O=C(Nc1ccc(SC(C(=O)Nc2ccc(O)c(C(=O)O)c2)c2ccccc2)cc1)/C(=C/c1cccc(Cl)c1)NC(=O)c1ccccc1. The Morgan fingerprint density at radius 2 is 1.40 bits per heavy atom. The number of carbonyl (C=O) groups is 4. The molecule has 1 unspecified atom stereocenters. The third-order valence-electron chi connectivity index (χ3n) is 6.89. The number of anilines is 2. The summed E-state index contributed by atoms with van der Waals surface area (Å²) in [6.45, 7) is 0. The third kappa shape index (κ3) is 8.91. The summed E-state index contributed by atoms with van der Waals surface area (Å²) in [6, 6.07) is 35.1. The molecule has 5 aromatic carbocycles. The van der Waals surface area contributed by atoms with E-state index < -0.39 is 34.7 Å². The van der Waals surface area contributed by atoms with Crippen molar-refractivity contribution in [1.82, 2.24) is 5.32 Å². The van der Waals surface area contributed by atoms with Crippen LogP contribution in [0.4, 0.5) is 11.4 Å². The van der Waals surface area contributed by atoms with E-state index >= 15 is 0 Å². The number of carboxylic acid groups (broad SMARTS) is 1. The van der Waals surface area contributed by atoms with Crippen molar-refractivity contribution in [2.45, 2.75) is 10.1 Å². The van der Waals surface area contributed by atoms with Gasteiger partial charge in [0.1, 0.15) is 22.3 Å². The van der Waals surface area contributed by atoms with Crippen LogP contribution < -0.4 is 16.0 Å². The second kappa shape index (κ2) is 15.6. The second-order valence-corrected chi connectivity index (χ2v) is 12.0. The van der Waals surface area contributed by atoms with Gasteiger partial charge in [0, 0.05) is 26.9 Å². The Kier molecular flexibility index (Phi) is 10.9. The predicted octanol–water partition coefficient (Wildman–Crippen LogP) is 7.63. The van der Waals surface area contributed by atoms with Crippen LogP contribution in [-0.2, 0) is 9.59 Å². The van der Waals surface area contributed by atoms with E-state index in [1.807, 2.05) is 30.3 Å². The number of aromatic hydroxyl groups is 1. The lowest BCUT2D eigenvalue weighted by molar-refractivity contribution is -0.116. The molecule has 0 saturated heterocycles. The monoisotopic (exact) mass is 677 g/mol. The van der Waals surface area contributed by atoms with Crippen molar-refractivity contribution in [3.05, 3.63) is 160 Å². The first-order valence-electron chi connectivity index (χ1n) is 14.5. The van der Waals surface area contributed by atoms with Gasteiger partial charge in [-0.3, -0.25) is 14.4 Å². The minimum atomic E-state index is -1.32. The number of phenols is 1. The summed E-state index contributed by atoms with van der Waals surface area (Å²) in [6.07, 6.45) is 1.53. The standard InChI is InChI=1S/C37H28ClN3O6S/c38-26-13-7-8-23(20-26)21-31(41-34(43)25-11-5-2-6-12-25)35(44)39-27-14-17-29(18-15-27)48-33(24-9-3-1-4-10-24)36(45)40-28-16-19-32(42)30(22-28)37(46)47/h1-22,33,42H,(H,39,44)(H,40,45)(H,41,43)(H,46,47)/b31-21-. The van der Waals surface area contributed by atoms with E-state index in [0.717, 1.165) is 0 Å². The molecule has 48 heavy (non-hydrogen) atoms. The van der Waals surface area contributed by atoms with Gasteiger partial charge in [-0.2, -0.15) is 0 Å². The fourth-order valence-electron chi connectivity index (χ4n) is 4.55. The number of thioether (sulfide) groups is 1. The van der Waals surface area contributed by atoms with Gasteiger partial charge in [-0.1, -0.05) is 72.3 Å². The van der Waals surface area contributed by atoms with Gasteiger partial charge in [-0.25, -0.2) is 4.79 Å². The molecule has 0 bridgehead atoms. The number of nitrogens with one attached hydrogen (secondary N) is 3. The summed E-state index contributed by atoms with van der Waals surface area (Å²) in [5.41, 5.74) is 2.04. The Labute approximate surface area is 285 Å². The highest BCUT2D eigenvalue weighted by atomic mass is 35.5. The zero-order valence-corrected chi connectivity index (χ0v) is 26.7. The van der Waals surface area contributed by atoms with Crippen LogP contribution in [0.1, 0.15) is 37.1 Å². The van der Waals surface area contributed by atoms with Gasteiger partial charge in [0.15, 0.2) is 0 Å². The highest BCUT2D eigenvalue weighted by Crippen LogP contribution is 2.37. The lowest BCUT2D eigenvalue weighted by atomic mass is 10.1. The number of benzene rings is 5. The molecule has 0 spiro atoms. The normalized spacial score (nSPS) is 11.6. The second-order valence-electron chi connectivity index (χ2n) is 10.3. The molecule has 0 aliphatic carbocycles. The molecule has 3 amide bonds. The van der Waals surface area contributed by atoms with Crippen LogP contribution in [0.15, 0.2) is 138 Å². The van der Waals surface area contributed by atoms with Crippen LogP contribution in [-0.4, -0.2) is 33.9 Å². The molecule has 240 valence electrons. The highest BCUT2D eigenvalue weighted by molar-refractivity contribution is 8.00. The van der Waals surface area contributed by atoms with Crippen molar-refractivity contribution >= 4 is 64.5 Å². The number of rotatable bonds is 11. The van der Waals surface area contributed by atoms with Gasteiger partial charge in [0.25, 0.3) is 11.8 Å². The van der Waals surface area contributed by atoms with Crippen LogP contribution >= 0.6 is 23.4 Å². The van der Waals surface area contributed by atoms with Gasteiger partial charge in [-0.15, -0.1) is 11.8 Å². The molecule has 0 saturated carbocycles. The minimum Gasteiger partial charge on any atom is -0.507 e. The lowest BCUT2D eigenvalue weighted by Crippen LogP contribution is -2.30. The maximum absolute atomic E-state index is 13.5. The average Bonchev–Trinajstić information content (AvgIpc) is 3.09. The molecule has 0 aliphatic heterocycles. The maximum Gasteiger partial charge on any atom is 0.339 e. The van der Waals surface area contributed by atoms with Crippen LogP contribution in [0.25, 0.3) is 6.08 Å². The maximum atomic E-state index is 13.5. The summed E-state index contributed by atoms with van der Waals surface area (Å²) in [5, 5.41) is 27.2. The fourth-order valence-corrected chi connectivity index (χ4v) is 5.77. The summed E-state index contributed by atoms with van der Waals surface area (Å²) >= 11 is 7.39. The van der Waals surface area contributed by atoms with Crippen LogP contribution in [0.2, 0.25) is 5.02 Å². The molecule has 0 aromatic heterocycles. The predicted molar refractivity (Wildman–Crippen MR) is 187 cm³/mol. The Balaban J connectivity index is 1.33. The van der Waals surface area contributed by atoms with Crippen molar-refractivity contribution < 1.29 is 29.4 Å². The third-order valence-corrected chi connectivity index (χ3v) is 8.39. The van der Waals surface area contributed by atoms with Crippen molar-refractivity contribution in [1.29, 1.82) is 0 Å². The van der Waals surface area contributed by atoms with Crippen molar-refractivity contribution in [3.8, 4) is 5.75 Å². The van der Waals surface area contributed by atoms with E-state index in [9.17, 15) is 29.4 Å². The molecule has 9 nitrogen and oxygen atoms in total. The number of hydrogen-bond donors (Lipinski definition) is 5. The van der Waals surface area contributed by atoms with Gasteiger partial charge in [0.2, 0.25) is 5.91 Å². The molecule has 0 heterocycles. The van der Waals surface area contributed by atoms with Crippen LogP contribution in [0.5, 0.6) is 5.75 Å². The van der Waals surface area contributed by atoms with Gasteiger partial charge < -0.3 is 26.2 Å². The van der Waals surface area contributed by atoms with Crippen molar-refractivity contribution in [2.24, 2.45) is 0 Å². The summed E-state index contributed by atoms with van der Waals surface area (Å²) in [5.74, 6) is -3.16. The largest absolute Gasteiger partial charge is 0.507 e. The number of amides is 3. The van der Waals surface area contributed by atoms with E-state index in [-0.39, 0.29) is 16.9 Å². The molecule has 1 atom stereocenters. The summed E-state index contributed by atoms with van der Waals surface area (Å²) in [4.78, 5) is 52.0. The van der Waals surface area contributed by atoms with Gasteiger partial charge >= 0.3 is 5.97 Å². The smallest absolute Gasteiger partial charge is 0.339 e.